The molecule has 0 rings (SSSR count). The lowest BCUT2D eigenvalue weighted by atomic mass is 10.0. The van der Waals surface area contributed by atoms with Gasteiger partial charge in [0.1, 0.15) is 11.7 Å². The van der Waals surface area contributed by atoms with Crippen molar-refractivity contribution in [2.45, 2.75) is 46.6 Å². The maximum absolute atomic E-state index is 12.4. The van der Waals surface area contributed by atoms with Crippen LogP contribution < -0.4 is 5.73 Å². The Bertz CT molecular complexity index is 444. The molecule has 0 saturated carbocycles. The highest BCUT2D eigenvalue weighted by atomic mass is 16.2. The van der Waals surface area contributed by atoms with Gasteiger partial charge in [-0.05, 0) is 18.3 Å². The quantitative estimate of drug-likeness (QED) is 0.687. The molecule has 0 unspecified atom stereocenters. The second kappa shape index (κ2) is 8.56. The van der Waals surface area contributed by atoms with Crippen LogP contribution in [0, 0.1) is 11.8 Å². The Labute approximate surface area is 133 Å². The molecule has 0 aliphatic heterocycles. The van der Waals surface area contributed by atoms with Crippen LogP contribution >= 0.6 is 0 Å². The predicted octanol–water partition coefficient (Wildman–Crippen LogP) is 1.36. The molecular formula is C16H29N3O3. The largest absolute Gasteiger partial charge is 0.368 e. The topological polar surface area (TPSA) is 83.7 Å². The average molecular weight is 311 g/mol. The minimum atomic E-state index is -0.710. The van der Waals surface area contributed by atoms with Gasteiger partial charge in [0.2, 0.25) is 11.8 Å². The zero-order chi connectivity index (χ0) is 17.6. The summed E-state index contributed by atoms with van der Waals surface area (Å²) in [5, 5.41) is 0. The van der Waals surface area contributed by atoms with E-state index in [1.54, 1.807) is 0 Å². The van der Waals surface area contributed by atoms with Gasteiger partial charge in [0, 0.05) is 20.5 Å². The average Bonchev–Trinajstić information content (AvgIpc) is 2.40. The third kappa shape index (κ3) is 5.87. The van der Waals surface area contributed by atoms with E-state index in [4.69, 9.17) is 5.73 Å². The van der Waals surface area contributed by atoms with E-state index >= 15 is 0 Å². The second-order valence-electron chi connectivity index (χ2n) is 6.46. The van der Waals surface area contributed by atoms with Crippen LogP contribution in [0.1, 0.15) is 40.5 Å². The molecule has 0 fully saturated rings. The monoisotopic (exact) mass is 311 g/mol. The summed E-state index contributed by atoms with van der Waals surface area (Å²) in [6.45, 7) is 11.4. The van der Waals surface area contributed by atoms with Crippen LogP contribution in [0.4, 0.5) is 0 Å². The molecular weight excluding hydrogens is 282 g/mol. The predicted molar refractivity (Wildman–Crippen MR) is 86.6 cm³/mol. The number of amides is 3. The van der Waals surface area contributed by atoms with Gasteiger partial charge >= 0.3 is 0 Å². The molecule has 0 aliphatic carbocycles. The Morgan fingerprint density at radius 2 is 1.55 bits per heavy atom. The number of carbonyl (C=O) groups is 3. The van der Waals surface area contributed by atoms with E-state index in [0.717, 1.165) is 0 Å². The van der Waals surface area contributed by atoms with Crippen LogP contribution in [0.5, 0.6) is 0 Å². The molecule has 0 aromatic rings. The van der Waals surface area contributed by atoms with Gasteiger partial charge in [0.05, 0.1) is 0 Å². The summed E-state index contributed by atoms with van der Waals surface area (Å²) < 4.78 is 0. The van der Waals surface area contributed by atoms with Crippen LogP contribution in [0.25, 0.3) is 0 Å². The van der Waals surface area contributed by atoms with E-state index in [-0.39, 0.29) is 23.4 Å². The minimum Gasteiger partial charge on any atom is -0.368 e. The summed E-state index contributed by atoms with van der Waals surface area (Å²) in [5.74, 6) is -0.810. The van der Waals surface area contributed by atoms with E-state index < -0.39 is 17.9 Å². The number of hydrogen-bond donors (Lipinski definition) is 1. The number of rotatable bonds is 8. The third-order valence-corrected chi connectivity index (χ3v) is 3.42. The third-order valence-electron chi connectivity index (χ3n) is 3.42. The lowest BCUT2D eigenvalue weighted by Gasteiger charge is -2.30. The molecule has 126 valence electrons. The van der Waals surface area contributed by atoms with Crippen molar-refractivity contribution in [2.24, 2.45) is 17.6 Å². The van der Waals surface area contributed by atoms with Crippen molar-refractivity contribution in [3.63, 3.8) is 0 Å². The summed E-state index contributed by atoms with van der Waals surface area (Å²) in [6, 6.07) is -0.710. The molecule has 0 aromatic carbocycles. The minimum absolute atomic E-state index is 0.0446. The Balaban J connectivity index is 5.02. The molecule has 1 atom stereocenters. The van der Waals surface area contributed by atoms with Gasteiger partial charge in [-0.3, -0.25) is 14.4 Å². The van der Waals surface area contributed by atoms with Crippen LogP contribution in [0.15, 0.2) is 12.3 Å². The fourth-order valence-corrected chi connectivity index (χ4v) is 2.04. The highest BCUT2D eigenvalue weighted by Crippen LogP contribution is 2.15. The van der Waals surface area contributed by atoms with Crippen molar-refractivity contribution in [2.75, 3.05) is 14.1 Å². The highest BCUT2D eigenvalue weighted by molar-refractivity contribution is 5.98. The molecule has 0 aliphatic rings. The van der Waals surface area contributed by atoms with Crippen molar-refractivity contribution in [1.29, 1.82) is 0 Å². The number of nitrogens with zero attached hydrogens (tertiary/aromatic N) is 2. The van der Waals surface area contributed by atoms with Gasteiger partial charge in [-0.25, -0.2) is 0 Å². The Kier molecular flexibility index (Phi) is 7.84. The lowest BCUT2D eigenvalue weighted by molar-refractivity contribution is -0.139. The summed E-state index contributed by atoms with van der Waals surface area (Å²) in [6.07, 6.45) is 0.798. The standard InChI is InChI=1S/C16H29N3O3/c1-10(2)8-13(15(17)21)19(7)16(22)12(5)18(6)14(20)9-11(3)4/h10-11,13H,5,8-9H2,1-4,6-7H3,(H2,17,21)/t13-/m0/s1. The van der Waals surface area contributed by atoms with Gasteiger partial charge in [-0.1, -0.05) is 34.3 Å². The Morgan fingerprint density at radius 1 is 1.05 bits per heavy atom. The van der Waals surface area contributed by atoms with E-state index in [2.05, 4.69) is 6.58 Å². The van der Waals surface area contributed by atoms with Crippen LogP contribution in [-0.4, -0.2) is 47.7 Å². The van der Waals surface area contributed by atoms with E-state index in [9.17, 15) is 14.4 Å². The highest BCUT2D eigenvalue weighted by Gasteiger charge is 2.29. The van der Waals surface area contributed by atoms with Gasteiger partial charge in [0.25, 0.3) is 5.91 Å². The summed E-state index contributed by atoms with van der Waals surface area (Å²) in [4.78, 5) is 38.5. The molecule has 0 aromatic heterocycles. The van der Waals surface area contributed by atoms with Gasteiger partial charge < -0.3 is 15.5 Å². The maximum atomic E-state index is 12.4. The number of hydrogen-bond acceptors (Lipinski definition) is 3. The molecule has 6 heteroatoms. The summed E-state index contributed by atoms with van der Waals surface area (Å²) in [5.41, 5.74) is 5.43. The van der Waals surface area contributed by atoms with Gasteiger partial charge in [-0.2, -0.15) is 0 Å². The number of nitrogens with two attached hydrogens (primary N) is 1. The van der Waals surface area contributed by atoms with Crippen molar-refractivity contribution >= 4 is 17.7 Å². The molecule has 0 saturated heterocycles. The first-order chi connectivity index (χ1) is 9.98. The first kappa shape index (κ1) is 20.1. The maximum Gasteiger partial charge on any atom is 0.270 e. The fourth-order valence-electron chi connectivity index (χ4n) is 2.04. The number of likely N-dealkylation sites (N-methyl/N-ethyl adjacent to an activating group) is 2. The zero-order valence-electron chi connectivity index (χ0n) is 14.5. The van der Waals surface area contributed by atoms with E-state index in [1.165, 1.54) is 23.9 Å². The molecule has 0 bridgehead atoms. The second-order valence-corrected chi connectivity index (χ2v) is 6.46. The van der Waals surface area contributed by atoms with Crippen LogP contribution in [-0.2, 0) is 14.4 Å². The molecule has 6 nitrogen and oxygen atoms in total. The molecule has 3 amide bonds. The van der Waals surface area contributed by atoms with Gasteiger partial charge in [-0.15, -0.1) is 0 Å². The lowest BCUT2D eigenvalue weighted by Crippen LogP contribution is -2.48. The van der Waals surface area contributed by atoms with Crippen molar-refractivity contribution in [1.82, 2.24) is 9.80 Å². The first-order valence-electron chi connectivity index (χ1n) is 7.50. The fraction of sp³-hybridized carbons (Fsp3) is 0.688. The van der Waals surface area contributed by atoms with Crippen LogP contribution in [0.2, 0.25) is 0 Å². The first-order valence-corrected chi connectivity index (χ1v) is 7.50. The van der Waals surface area contributed by atoms with Crippen molar-refractivity contribution in [3.05, 3.63) is 12.3 Å². The van der Waals surface area contributed by atoms with Crippen LogP contribution in [0.3, 0.4) is 0 Å². The smallest absolute Gasteiger partial charge is 0.270 e. The van der Waals surface area contributed by atoms with Gasteiger partial charge in [0.15, 0.2) is 0 Å². The molecule has 0 radical (unpaired) electrons. The Morgan fingerprint density at radius 3 is 1.91 bits per heavy atom. The summed E-state index contributed by atoms with van der Waals surface area (Å²) in [7, 11) is 3.02. The number of carbonyl (C=O) groups excluding carboxylic acids is 3. The normalized spacial score (nSPS) is 12.2. The number of primary amides is 1. The molecule has 0 heterocycles. The zero-order valence-corrected chi connectivity index (χ0v) is 14.5. The van der Waals surface area contributed by atoms with Crippen molar-refractivity contribution < 1.29 is 14.4 Å². The molecule has 2 N–H and O–H groups in total. The molecule has 22 heavy (non-hydrogen) atoms. The SMILES string of the molecule is C=C(C(=O)N(C)[C@@H](CC(C)C)C(N)=O)N(C)C(=O)CC(C)C. The van der Waals surface area contributed by atoms with E-state index in [0.29, 0.717) is 12.8 Å². The Hall–Kier alpha value is -1.85. The summed E-state index contributed by atoms with van der Waals surface area (Å²) >= 11 is 0. The molecule has 0 spiro atoms. The van der Waals surface area contributed by atoms with E-state index in [1.807, 2.05) is 27.7 Å². The van der Waals surface area contributed by atoms with Crippen molar-refractivity contribution in [3.8, 4) is 0 Å².